The average molecular weight is 360 g/mol. The molecule has 0 aliphatic carbocycles. The molecule has 1 aliphatic heterocycles. The lowest BCUT2D eigenvalue weighted by atomic mass is 10.1. The Hall–Kier alpha value is -4.07. The van der Waals surface area contributed by atoms with Crippen LogP contribution in [0.25, 0.3) is 11.3 Å². The van der Waals surface area contributed by atoms with Gasteiger partial charge in [-0.05, 0) is 30.3 Å². The van der Waals surface area contributed by atoms with Crippen molar-refractivity contribution in [2.75, 3.05) is 5.32 Å². The van der Waals surface area contributed by atoms with E-state index < -0.39 is 4.92 Å². The highest BCUT2D eigenvalue weighted by molar-refractivity contribution is 6.53. The number of hydrogen-bond acceptors (Lipinski definition) is 6. The fourth-order valence-electron chi connectivity index (χ4n) is 2.67. The Morgan fingerprint density at radius 3 is 2.59 bits per heavy atom. The van der Waals surface area contributed by atoms with Crippen LogP contribution < -0.4 is 5.32 Å². The number of anilines is 1. The van der Waals surface area contributed by atoms with E-state index in [0.29, 0.717) is 28.3 Å². The van der Waals surface area contributed by atoms with Crippen LogP contribution in [0.2, 0.25) is 0 Å². The van der Waals surface area contributed by atoms with Crippen molar-refractivity contribution in [1.29, 1.82) is 0 Å². The average Bonchev–Trinajstić information content (AvgIpc) is 3.27. The number of para-hydroxylation sites is 1. The van der Waals surface area contributed by atoms with Gasteiger partial charge in [0, 0.05) is 23.3 Å². The van der Waals surface area contributed by atoms with Gasteiger partial charge in [0.2, 0.25) is 0 Å². The first kappa shape index (κ1) is 16.4. The lowest BCUT2D eigenvalue weighted by Gasteiger charge is -1.96. The molecule has 8 heteroatoms. The van der Waals surface area contributed by atoms with Gasteiger partial charge >= 0.3 is 0 Å². The van der Waals surface area contributed by atoms with Gasteiger partial charge in [0.1, 0.15) is 11.5 Å². The zero-order chi connectivity index (χ0) is 18.8. The molecule has 4 rings (SSSR count). The molecule has 2 aromatic carbocycles. The molecule has 1 N–H and O–H groups in total. The lowest BCUT2D eigenvalue weighted by Crippen LogP contribution is -2.13. The summed E-state index contributed by atoms with van der Waals surface area (Å²) >= 11 is 0. The van der Waals surface area contributed by atoms with Crippen LogP contribution in [0.15, 0.2) is 75.3 Å². The van der Waals surface area contributed by atoms with Gasteiger partial charge in [-0.1, -0.05) is 18.2 Å². The third kappa shape index (κ3) is 3.23. The van der Waals surface area contributed by atoms with E-state index in [-0.39, 0.29) is 17.3 Å². The molecule has 0 bridgehead atoms. The highest BCUT2D eigenvalue weighted by Crippen LogP contribution is 2.25. The number of nitrogens with zero attached hydrogens (tertiary/aromatic N) is 3. The van der Waals surface area contributed by atoms with Crippen LogP contribution in [-0.2, 0) is 4.79 Å². The van der Waals surface area contributed by atoms with E-state index in [4.69, 9.17) is 4.42 Å². The molecule has 27 heavy (non-hydrogen) atoms. The normalized spacial score (nSPS) is 14.5. The first-order valence-electron chi connectivity index (χ1n) is 7.98. The zero-order valence-electron chi connectivity index (χ0n) is 13.8. The molecule has 132 valence electrons. The number of non-ortho nitro benzene ring substituents is 1. The molecule has 0 fully saturated rings. The Kier molecular flexibility index (Phi) is 4.06. The summed E-state index contributed by atoms with van der Waals surface area (Å²) in [5.74, 6) is 0.682. The van der Waals surface area contributed by atoms with Crippen LogP contribution in [0, 0.1) is 10.1 Å². The minimum absolute atomic E-state index is 0.0121. The maximum absolute atomic E-state index is 12.0. The van der Waals surface area contributed by atoms with Crippen molar-refractivity contribution in [1.82, 2.24) is 0 Å². The number of carbonyl (C=O) groups is 1. The topological polar surface area (TPSA) is 110 Å². The summed E-state index contributed by atoms with van der Waals surface area (Å²) in [5, 5.41) is 21.4. The number of rotatable bonds is 4. The standard InChI is InChI=1S/C19H12N4O4/c24-19-18(15-3-1-2-4-16(15)21-19)22-20-11-14-9-10-17(27-14)12-5-7-13(8-6-12)23(25)26/h1-11H,(H,21,22,24)/b20-11+. The van der Waals surface area contributed by atoms with Crippen LogP contribution in [0.3, 0.4) is 0 Å². The van der Waals surface area contributed by atoms with E-state index in [1.807, 2.05) is 12.1 Å². The van der Waals surface area contributed by atoms with Crippen molar-refractivity contribution in [3.63, 3.8) is 0 Å². The number of hydrogen-bond donors (Lipinski definition) is 1. The Balaban J connectivity index is 1.53. The van der Waals surface area contributed by atoms with Crippen LogP contribution in [0.4, 0.5) is 11.4 Å². The van der Waals surface area contributed by atoms with Gasteiger partial charge in [-0.2, -0.15) is 5.10 Å². The number of furan rings is 1. The minimum Gasteiger partial charge on any atom is -0.455 e. The van der Waals surface area contributed by atoms with Gasteiger partial charge in [-0.3, -0.25) is 14.9 Å². The van der Waals surface area contributed by atoms with E-state index >= 15 is 0 Å². The molecule has 1 aliphatic rings. The van der Waals surface area contributed by atoms with Crippen molar-refractivity contribution in [2.24, 2.45) is 10.2 Å². The number of fused-ring (bicyclic) bond motifs is 1. The second kappa shape index (κ2) is 6.68. The number of amides is 1. The number of carbonyl (C=O) groups excluding carboxylic acids is 1. The molecule has 1 aromatic heterocycles. The van der Waals surface area contributed by atoms with Gasteiger partial charge in [0.15, 0.2) is 5.71 Å². The summed E-state index contributed by atoms with van der Waals surface area (Å²) in [6, 6.07) is 16.7. The van der Waals surface area contributed by atoms with E-state index in [1.54, 1.807) is 36.4 Å². The number of nitrogens with one attached hydrogen (secondary N) is 1. The van der Waals surface area contributed by atoms with Gasteiger partial charge in [0.05, 0.1) is 16.8 Å². The van der Waals surface area contributed by atoms with Crippen LogP contribution >= 0.6 is 0 Å². The summed E-state index contributed by atoms with van der Waals surface area (Å²) < 4.78 is 5.64. The van der Waals surface area contributed by atoms with E-state index in [9.17, 15) is 14.9 Å². The third-order valence-electron chi connectivity index (χ3n) is 3.98. The van der Waals surface area contributed by atoms with Crippen LogP contribution in [0.1, 0.15) is 11.3 Å². The molecule has 0 radical (unpaired) electrons. The zero-order valence-corrected chi connectivity index (χ0v) is 13.8. The maximum Gasteiger partial charge on any atom is 0.276 e. The summed E-state index contributed by atoms with van der Waals surface area (Å²) in [6.45, 7) is 0. The highest BCUT2D eigenvalue weighted by Gasteiger charge is 2.25. The highest BCUT2D eigenvalue weighted by atomic mass is 16.6. The second-order valence-corrected chi connectivity index (χ2v) is 5.70. The Morgan fingerprint density at radius 2 is 1.81 bits per heavy atom. The Bertz CT molecular complexity index is 1100. The van der Waals surface area contributed by atoms with E-state index in [1.165, 1.54) is 18.3 Å². The van der Waals surface area contributed by atoms with Crippen LogP contribution in [0.5, 0.6) is 0 Å². The number of nitro groups is 1. The molecule has 8 nitrogen and oxygen atoms in total. The summed E-state index contributed by atoms with van der Waals surface area (Å²) in [4.78, 5) is 22.2. The first-order valence-corrected chi connectivity index (χ1v) is 7.98. The van der Waals surface area contributed by atoms with Crippen molar-refractivity contribution >= 4 is 29.2 Å². The SMILES string of the molecule is O=C1Nc2ccccc2/C1=N/N=C/c1ccc(-c2ccc([N+](=O)[O-])cc2)o1. The Labute approximate surface area is 153 Å². The monoisotopic (exact) mass is 360 g/mol. The van der Waals surface area contributed by atoms with Crippen molar-refractivity contribution in [3.8, 4) is 11.3 Å². The minimum atomic E-state index is -0.458. The first-order chi connectivity index (χ1) is 13.1. The quantitative estimate of drug-likeness (QED) is 0.435. The fraction of sp³-hybridized carbons (Fsp3) is 0. The second-order valence-electron chi connectivity index (χ2n) is 5.70. The molecule has 0 atom stereocenters. The van der Waals surface area contributed by atoms with E-state index in [0.717, 1.165) is 0 Å². The largest absolute Gasteiger partial charge is 0.455 e. The van der Waals surface area contributed by atoms with Gasteiger partial charge < -0.3 is 9.73 Å². The molecule has 0 unspecified atom stereocenters. The summed E-state index contributed by atoms with van der Waals surface area (Å²) in [5.41, 5.74) is 2.36. The molecule has 2 heterocycles. The van der Waals surface area contributed by atoms with Crippen LogP contribution in [-0.4, -0.2) is 22.8 Å². The van der Waals surface area contributed by atoms with Gasteiger partial charge in [-0.25, -0.2) is 0 Å². The molecule has 0 saturated carbocycles. The summed E-state index contributed by atoms with van der Waals surface area (Å²) in [6.07, 6.45) is 1.40. The van der Waals surface area contributed by atoms with Crippen molar-refractivity contribution < 1.29 is 14.1 Å². The Morgan fingerprint density at radius 1 is 1.04 bits per heavy atom. The number of benzene rings is 2. The van der Waals surface area contributed by atoms with Gasteiger partial charge in [-0.15, -0.1) is 5.10 Å². The maximum atomic E-state index is 12.0. The van der Waals surface area contributed by atoms with Crippen molar-refractivity contribution in [2.45, 2.75) is 0 Å². The van der Waals surface area contributed by atoms with E-state index in [2.05, 4.69) is 15.5 Å². The third-order valence-corrected chi connectivity index (χ3v) is 3.98. The molecular weight excluding hydrogens is 348 g/mol. The predicted octanol–water partition coefficient (Wildman–Crippen LogP) is 3.63. The van der Waals surface area contributed by atoms with Gasteiger partial charge in [0.25, 0.3) is 11.6 Å². The molecule has 0 saturated heterocycles. The molecular formula is C19H12N4O4. The molecule has 3 aromatic rings. The summed E-state index contributed by atoms with van der Waals surface area (Å²) in [7, 11) is 0. The number of nitro benzene ring substituents is 1. The smallest absolute Gasteiger partial charge is 0.276 e. The fourth-order valence-corrected chi connectivity index (χ4v) is 2.67. The molecule has 0 spiro atoms. The molecule has 1 amide bonds. The van der Waals surface area contributed by atoms with Crippen molar-refractivity contribution in [3.05, 3.63) is 82.1 Å². The lowest BCUT2D eigenvalue weighted by molar-refractivity contribution is -0.384. The predicted molar refractivity (Wildman–Crippen MR) is 100 cm³/mol.